The van der Waals surface area contributed by atoms with Gasteiger partial charge in [-0.1, -0.05) is 24.3 Å². The minimum atomic E-state index is -0.641. The van der Waals surface area contributed by atoms with Crippen LogP contribution >= 0.6 is 0 Å². The second-order valence-corrected chi connectivity index (χ2v) is 3.64. The van der Waals surface area contributed by atoms with E-state index in [2.05, 4.69) is 6.58 Å². The first-order valence-electron chi connectivity index (χ1n) is 5.56. The minimum absolute atomic E-state index is 0.0738. The predicted molar refractivity (Wildman–Crippen MR) is 66.6 cm³/mol. The Morgan fingerprint density at radius 3 is 2.94 bits per heavy atom. The van der Waals surface area contributed by atoms with Gasteiger partial charge in [0, 0.05) is 5.56 Å². The summed E-state index contributed by atoms with van der Waals surface area (Å²) in [4.78, 5) is 11.6. The lowest BCUT2D eigenvalue weighted by Gasteiger charge is -2.11. The number of rotatable bonds is 6. The summed E-state index contributed by atoms with van der Waals surface area (Å²) in [5.74, 6) is -0.454. The second-order valence-electron chi connectivity index (χ2n) is 3.64. The molecule has 1 rings (SSSR count). The molecule has 4 nitrogen and oxygen atoms in total. The second kappa shape index (κ2) is 7.25. The first-order chi connectivity index (χ1) is 8.69. The number of nitrogens with zero attached hydrogens (tertiary/aromatic N) is 1. The van der Waals surface area contributed by atoms with Gasteiger partial charge in [-0.2, -0.15) is 5.26 Å². The monoisotopic (exact) mass is 245 g/mol. The summed E-state index contributed by atoms with van der Waals surface area (Å²) in [5.41, 5.74) is 1.19. The number of benzene rings is 1. The molecular formula is C14H15NO3. The molecule has 0 aliphatic carbocycles. The van der Waals surface area contributed by atoms with E-state index in [0.717, 1.165) is 0 Å². The molecule has 0 spiro atoms. The van der Waals surface area contributed by atoms with Crippen LogP contribution in [0.2, 0.25) is 0 Å². The average molecular weight is 245 g/mol. The molecule has 0 N–H and O–H groups in total. The molecule has 1 aromatic carbocycles. The van der Waals surface area contributed by atoms with Gasteiger partial charge in [-0.05, 0) is 13.0 Å². The van der Waals surface area contributed by atoms with Crippen molar-refractivity contribution < 1.29 is 14.3 Å². The SMILES string of the molecule is C=CCOC(C)C(=O)OCc1ccccc1C#N. The van der Waals surface area contributed by atoms with E-state index < -0.39 is 12.1 Å². The Morgan fingerprint density at radius 1 is 1.56 bits per heavy atom. The quantitative estimate of drug-likeness (QED) is 0.569. The topological polar surface area (TPSA) is 59.3 Å². The highest BCUT2D eigenvalue weighted by Crippen LogP contribution is 2.09. The van der Waals surface area contributed by atoms with Crippen LogP contribution in [0.4, 0.5) is 0 Å². The van der Waals surface area contributed by atoms with E-state index in [-0.39, 0.29) is 6.61 Å². The van der Waals surface area contributed by atoms with Crippen LogP contribution in [-0.4, -0.2) is 18.7 Å². The van der Waals surface area contributed by atoms with Gasteiger partial charge in [-0.25, -0.2) is 4.79 Å². The summed E-state index contributed by atoms with van der Waals surface area (Å²) in [6.07, 6.45) is 0.923. The largest absolute Gasteiger partial charge is 0.459 e. The summed E-state index contributed by atoms with van der Waals surface area (Å²) in [7, 11) is 0. The average Bonchev–Trinajstić information content (AvgIpc) is 2.42. The summed E-state index contributed by atoms with van der Waals surface area (Å²) >= 11 is 0. The lowest BCUT2D eigenvalue weighted by molar-refractivity contribution is -0.156. The minimum Gasteiger partial charge on any atom is -0.459 e. The van der Waals surface area contributed by atoms with E-state index in [1.807, 2.05) is 6.07 Å². The van der Waals surface area contributed by atoms with Crippen LogP contribution in [0.1, 0.15) is 18.1 Å². The third kappa shape index (κ3) is 4.04. The zero-order chi connectivity index (χ0) is 13.4. The molecule has 94 valence electrons. The molecule has 1 unspecified atom stereocenters. The number of ether oxygens (including phenoxy) is 2. The Kier molecular flexibility index (Phi) is 5.62. The van der Waals surface area contributed by atoms with Gasteiger partial charge in [0.2, 0.25) is 0 Å². The number of esters is 1. The fourth-order valence-corrected chi connectivity index (χ4v) is 1.30. The van der Waals surface area contributed by atoms with Crippen LogP contribution in [0, 0.1) is 11.3 Å². The zero-order valence-corrected chi connectivity index (χ0v) is 10.3. The first-order valence-corrected chi connectivity index (χ1v) is 5.56. The maximum absolute atomic E-state index is 11.6. The van der Waals surface area contributed by atoms with Crippen molar-refractivity contribution in [2.24, 2.45) is 0 Å². The molecule has 18 heavy (non-hydrogen) atoms. The number of carbonyl (C=O) groups excluding carboxylic acids is 1. The van der Waals surface area contributed by atoms with Crippen molar-refractivity contribution in [1.29, 1.82) is 5.26 Å². The molecule has 0 aromatic heterocycles. The molecule has 1 aromatic rings. The van der Waals surface area contributed by atoms with E-state index in [0.29, 0.717) is 17.7 Å². The number of carbonyl (C=O) groups is 1. The molecule has 4 heteroatoms. The summed E-state index contributed by atoms with van der Waals surface area (Å²) in [6.45, 7) is 5.48. The Balaban J connectivity index is 2.52. The Morgan fingerprint density at radius 2 is 2.28 bits per heavy atom. The van der Waals surface area contributed by atoms with Crippen molar-refractivity contribution in [2.45, 2.75) is 19.6 Å². The molecule has 0 bridgehead atoms. The van der Waals surface area contributed by atoms with Crippen LogP contribution in [-0.2, 0) is 20.9 Å². The van der Waals surface area contributed by atoms with E-state index in [9.17, 15) is 4.79 Å². The maximum Gasteiger partial charge on any atom is 0.335 e. The van der Waals surface area contributed by atoms with Gasteiger partial charge < -0.3 is 9.47 Å². The van der Waals surface area contributed by atoms with Gasteiger partial charge in [0.1, 0.15) is 6.61 Å². The summed E-state index contributed by atoms with van der Waals surface area (Å²) in [6, 6.07) is 9.04. The van der Waals surface area contributed by atoms with Crippen LogP contribution < -0.4 is 0 Å². The molecule has 0 saturated heterocycles. The van der Waals surface area contributed by atoms with Gasteiger partial charge in [-0.15, -0.1) is 6.58 Å². The highest BCUT2D eigenvalue weighted by Gasteiger charge is 2.14. The molecular weight excluding hydrogens is 230 g/mol. The van der Waals surface area contributed by atoms with Gasteiger partial charge in [-0.3, -0.25) is 0 Å². The fraction of sp³-hybridized carbons (Fsp3) is 0.286. The normalized spacial score (nSPS) is 11.3. The van der Waals surface area contributed by atoms with Gasteiger partial charge >= 0.3 is 5.97 Å². The van der Waals surface area contributed by atoms with E-state index in [1.54, 1.807) is 37.3 Å². The first kappa shape index (κ1) is 13.9. The zero-order valence-electron chi connectivity index (χ0n) is 10.3. The Hall–Kier alpha value is -2.12. The van der Waals surface area contributed by atoms with Crippen LogP contribution in [0.3, 0.4) is 0 Å². The highest BCUT2D eigenvalue weighted by atomic mass is 16.6. The predicted octanol–water partition coefficient (Wildman–Crippen LogP) is 2.19. The van der Waals surface area contributed by atoms with Gasteiger partial charge in [0.15, 0.2) is 6.10 Å². The summed E-state index contributed by atoms with van der Waals surface area (Å²) in [5, 5.41) is 8.88. The fourth-order valence-electron chi connectivity index (χ4n) is 1.30. The molecule has 0 amide bonds. The van der Waals surface area contributed by atoms with Crippen LogP contribution in [0.5, 0.6) is 0 Å². The van der Waals surface area contributed by atoms with Crippen molar-refractivity contribution >= 4 is 5.97 Å². The van der Waals surface area contributed by atoms with Crippen LogP contribution in [0.25, 0.3) is 0 Å². The highest BCUT2D eigenvalue weighted by molar-refractivity contribution is 5.74. The molecule has 0 radical (unpaired) electrons. The molecule has 1 atom stereocenters. The standard InChI is InChI=1S/C14H15NO3/c1-3-8-17-11(2)14(16)18-10-13-7-5-4-6-12(13)9-15/h3-7,11H,1,8,10H2,2H3. The molecule has 0 fully saturated rings. The molecule has 0 aliphatic heterocycles. The Bertz CT molecular complexity index is 462. The lowest BCUT2D eigenvalue weighted by Crippen LogP contribution is -2.23. The lowest BCUT2D eigenvalue weighted by atomic mass is 10.1. The van der Waals surface area contributed by atoms with Crippen molar-refractivity contribution in [3.63, 3.8) is 0 Å². The van der Waals surface area contributed by atoms with Gasteiger partial charge in [0.25, 0.3) is 0 Å². The van der Waals surface area contributed by atoms with E-state index >= 15 is 0 Å². The third-order valence-electron chi connectivity index (χ3n) is 2.30. The van der Waals surface area contributed by atoms with Gasteiger partial charge in [0.05, 0.1) is 18.2 Å². The maximum atomic E-state index is 11.6. The Labute approximate surface area is 106 Å². The van der Waals surface area contributed by atoms with Crippen LogP contribution in [0.15, 0.2) is 36.9 Å². The van der Waals surface area contributed by atoms with Crippen molar-refractivity contribution in [1.82, 2.24) is 0 Å². The number of nitriles is 1. The van der Waals surface area contributed by atoms with Crippen molar-refractivity contribution in [3.05, 3.63) is 48.0 Å². The molecule has 0 aliphatic rings. The number of hydrogen-bond donors (Lipinski definition) is 0. The van der Waals surface area contributed by atoms with Crippen molar-refractivity contribution in [3.8, 4) is 6.07 Å². The molecule has 0 heterocycles. The van der Waals surface area contributed by atoms with E-state index in [1.165, 1.54) is 0 Å². The third-order valence-corrected chi connectivity index (χ3v) is 2.30. The summed E-state index contributed by atoms with van der Waals surface area (Å²) < 4.78 is 10.2. The van der Waals surface area contributed by atoms with E-state index in [4.69, 9.17) is 14.7 Å². The number of hydrogen-bond acceptors (Lipinski definition) is 4. The smallest absolute Gasteiger partial charge is 0.335 e. The van der Waals surface area contributed by atoms with Crippen molar-refractivity contribution in [2.75, 3.05) is 6.61 Å². The molecule has 0 saturated carbocycles.